The molecule has 0 bridgehead atoms. The Hall–Kier alpha value is -2.27. The lowest BCUT2D eigenvalue weighted by Gasteiger charge is -2.14. The molecule has 2 N–H and O–H groups in total. The summed E-state index contributed by atoms with van der Waals surface area (Å²) in [5.41, 5.74) is 8.61. The molecule has 0 spiro atoms. The van der Waals surface area contributed by atoms with E-state index in [1.165, 1.54) is 0 Å². The molecule has 2 rings (SSSR count). The Morgan fingerprint density at radius 2 is 1.65 bits per heavy atom. The second kappa shape index (κ2) is 7.83. The van der Waals surface area contributed by atoms with Crippen LogP contribution in [0.1, 0.15) is 16.7 Å². The quantitative estimate of drug-likeness (QED) is 0.622. The number of rotatable bonds is 7. The number of benzene rings is 2. The highest BCUT2D eigenvalue weighted by Crippen LogP contribution is 2.28. The van der Waals surface area contributed by atoms with E-state index >= 15 is 0 Å². The van der Waals surface area contributed by atoms with E-state index in [0.717, 1.165) is 22.4 Å². The summed E-state index contributed by atoms with van der Waals surface area (Å²) in [4.78, 5) is 0.323. The molecule has 2 aromatic rings. The lowest BCUT2D eigenvalue weighted by Crippen LogP contribution is -2.12. The zero-order valence-corrected chi connectivity index (χ0v) is 14.4. The van der Waals surface area contributed by atoms with Gasteiger partial charge in [0.15, 0.2) is 11.5 Å². The van der Waals surface area contributed by atoms with Gasteiger partial charge >= 0.3 is 0 Å². The van der Waals surface area contributed by atoms with Crippen molar-refractivity contribution in [2.24, 2.45) is 5.73 Å². The van der Waals surface area contributed by atoms with E-state index in [2.05, 4.69) is 0 Å². The van der Waals surface area contributed by atoms with Crippen molar-refractivity contribution in [3.05, 3.63) is 53.1 Å². The minimum absolute atomic E-state index is 0.323. The van der Waals surface area contributed by atoms with Crippen molar-refractivity contribution in [2.75, 3.05) is 20.3 Å². The van der Waals surface area contributed by atoms with Crippen LogP contribution >= 0.6 is 12.2 Å². The van der Waals surface area contributed by atoms with E-state index in [4.69, 9.17) is 32.2 Å². The summed E-state index contributed by atoms with van der Waals surface area (Å²) in [6.45, 7) is 4.88. The van der Waals surface area contributed by atoms with Crippen LogP contribution in [0.15, 0.2) is 36.4 Å². The number of hydrogen-bond donors (Lipinski definition) is 1. The van der Waals surface area contributed by atoms with Gasteiger partial charge in [-0.05, 0) is 43.2 Å². The molecule has 0 atom stereocenters. The number of thiocarbonyl (C=S) groups is 1. The molecule has 0 saturated heterocycles. The van der Waals surface area contributed by atoms with Crippen molar-refractivity contribution >= 4 is 17.2 Å². The van der Waals surface area contributed by atoms with Gasteiger partial charge < -0.3 is 19.9 Å². The molecule has 0 amide bonds. The lowest BCUT2D eigenvalue weighted by molar-refractivity contribution is 0.210. The van der Waals surface area contributed by atoms with E-state index < -0.39 is 0 Å². The lowest BCUT2D eigenvalue weighted by atomic mass is 10.1. The second-order valence-electron chi connectivity index (χ2n) is 5.15. The molecule has 0 aliphatic rings. The van der Waals surface area contributed by atoms with Crippen LogP contribution in [0.4, 0.5) is 0 Å². The average molecular weight is 331 g/mol. The van der Waals surface area contributed by atoms with Gasteiger partial charge in [-0.25, -0.2) is 0 Å². The van der Waals surface area contributed by atoms with E-state index in [9.17, 15) is 0 Å². The first kappa shape index (κ1) is 17.1. The summed E-state index contributed by atoms with van der Waals surface area (Å²) in [5, 5.41) is 0. The molecule has 0 aromatic heterocycles. The molecule has 23 heavy (non-hydrogen) atoms. The third-order valence-electron chi connectivity index (χ3n) is 3.44. The summed E-state index contributed by atoms with van der Waals surface area (Å²) in [6, 6.07) is 11.4. The number of nitrogens with two attached hydrogens (primary N) is 1. The average Bonchev–Trinajstić information content (AvgIpc) is 2.53. The summed E-state index contributed by atoms with van der Waals surface area (Å²) in [6.07, 6.45) is 0. The third-order valence-corrected chi connectivity index (χ3v) is 3.68. The Kier molecular flexibility index (Phi) is 5.82. The highest BCUT2D eigenvalue weighted by molar-refractivity contribution is 7.80. The van der Waals surface area contributed by atoms with Gasteiger partial charge in [0.1, 0.15) is 24.0 Å². The van der Waals surface area contributed by atoms with Crippen LogP contribution in [0, 0.1) is 13.8 Å². The fraction of sp³-hybridized carbons (Fsp3) is 0.278. The fourth-order valence-electron chi connectivity index (χ4n) is 2.26. The zero-order valence-electron chi connectivity index (χ0n) is 13.6. The summed E-state index contributed by atoms with van der Waals surface area (Å²) >= 11 is 4.99. The predicted molar refractivity (Wildman–Crippen MR) is 95.8 cm³/mol. The molecule has 0 fully saturated rings. The van der Waals surface area contributed by atoms with Crippen LogP contribution in [0.5, 0.6) is 17.2 Å². The maximum atomic E-state index is 5.82. The van der Waals surface area contributed by atoms with E-state index in [1.807, 2.05) is 32.0 Å². The Balaban J connectivity index is 1.98. The molecule has 0 unspecified atom stereocenters. The van der Waals surface area contributed by atoms with Crippen LogP contribution < -0.4 is 19.9 Å². The molecule has 0 aliphatic carbocycles. The van der Waals surface area contributed by atoms with Gasteiger partial charge in [-0.1, -0.05) is 30.4 Å². The van der Waals surface area contributed by atoms with Gasteiger partial charge in [0, 0.05) is 5.56 Å². The molecule has 0 saturated carbocycles. The second-order valence-corrected chi connectivity index (χ2v) is 5.59. The summed E-state index contributed by atoms with van der Waals surface area (Å²) < 4.78 is 16.9. The van der Waals surface area contributed by atoms with E-state index in [-0.39, 0.29) is 0 Å². The number of ether oxygens (including phenoxy) is 3. The van der Waals surface area contributed by atoms with Gasteiger partial charge in [-0.3, -0.25) is 0 Å². The van der Waals surface area contributed by atoms with Gasteiger partial charge in [-0.2, -0.15) is 0 Å². The minimum Gasteiger partial charge on any atom is -0.493 e. The van der Waals surface area contributed by atoms with Crippen LogP contribution in [-0.2, 0) is 0 Å². The molecule has 122 valence electrons. The zero-order chi connectivity index (χ0) is 16.8. The van der Waals surface area contributed by atoms with Gasteiger partial charge in [-0.15, -0.1) is 0 Å². The largest absolute Gasteiger partial charge is 0.493 e. The van der Waals surface area contributed by atoms with Gasteiger partial charge in [0.2, 0.25) is 0 Å². The molecule has 0 heterocycles. The van der Waals surface area contributed by atoms with Gasteiger partial charge in [0.25, 0.3) is 0 Å². The normalized spacial score (nSPS) is 10.2. The molecular formula is C18H21NO3S. The minimum atomic E-state index is 0.323. The Morgan fingerprint density at radius 3 is 2.26 bits per heavy atom. The monoisotopic (exact) mass is 331 g/mol. The first-order valence-electron chi connectivity index (χ1n) is 7.32. The highest BCUT2D eigenvalue weighted by atomic mass is 32.1. The Bertz CT molecular complexity index is 680. The number of aryl methyl sites for hydroxylation is 2. The van der Waals surface area contributed by atoms with Crippen molar-refractivity contribution < 1.29 is 14.2 Å². The topological polar surface area (TPSA) is 53.7 Å². The van der Waals surface area contributed by atoms with E-state index in [0.29, 0.717) is 29.7 Å². The first-order chi connectivity index (χ1) is 11.0. The maximum Gasteiger partial charge on any atom is 0.162 e. The van der Waals surface area contributed by atoms with Crippen molar-refractivity contribution in [3.63, 3.8) is 0 Å². The summed E-state index contributed by atoms with van der Waals surface area (Å²) in [5.74, 6) is 2.14. The van der Waals surface area contributed by atoms with Gasteiger partial charge in [0.05, 0.1) is 7.11 Å². The highest BCUT2D eigenvalue weighted by Gasteiger charge is 2.08. The third kappa shape index (κ3) is 4.36. The Morgan fingerprint density at radius 1 is 1.00 bits per heavy atom. The Labute approximate surface area is 142 Å². The standard InChI is InChI=1S/C18H21NO3S/c1-12-5-4-6-13(2)17(12)22-10-9-21-16-11-14(18(19)23)7-8-15(16)20-3/h4-8,11H,9-10H2,1-3H3,(H2,19,23). The number of methoxy groups -OCH3 is 1. The maximum absolute atomic E-state index is 5.82. The first-order valence-corrected chi connectivity index (χ1v) is 7.73. The SMILES string of the molecule is COc1ccc(C(N)=S)cc1OCCOc1c(C)cccc1C. The van der Waals surface area contributed by atoms with Crippen molar-refractivity contribution in [1.29, 1.82) is 0 Å². The fourth-order valence-corrected chi connectivity index (χ4v) is 2.39. The smallest absolute Gasteiger partial charge is 0.162 e. The van der Waals surface area contributed by atoms with Crippen LogP contribution in [-0.4, -0.2) is 25.3 Å². The number of hydrogen-bond acceptors (Lipinski definition) is 4. The number of para-hydroxylation sites is 1. The predicted octanol–water partition coefficient (Wildman–Crippen LogP) is 3.40. The van der Waals surface area contributed by atoms with Crippen LogP contribution in [0.3, 0.4) is 0 Å². The van der Waals surface area contributed by atoms with E-state index in [1.54, 1.807) is 25.3 Å². The van der Waals surface area contributed by atoms with Crippen LogP contribution in [0.2, 0.25) is 0 Å². The molecular weight excluding hydrogens is 310 g/mol. The molecule has 2 aromatic carbocycles. The molecule has 4 nitrogen and oxygen atoms in total. The van der Waals surface area contributed by atoms with Crippen molar-refractivity contribution in [2.45, 2.75) is 13.8 Å². The molecule has 5 heteroatoms. The summed E-state index contributed by atoms with van der Waals surface area (Å²) in [7, 11) is 1.59. The molecule has 0 aliphatic heterocycles. The van der Waals surface area contributed by atoms with Crippen molar-refractivity contribution in [3.8, 4) is 17.2 Å². The van der Waals surface area contributed by atoms with Crippen molar-refractivity contribution in [1.82, 2.24) is 0 Å². The van der Waals surface area contributed by atoms with Crippen LogP contribution in [0.25, 0.3) is 0 Å². The molecule has 0 radical (unpaired) electrons.